The van der Waals surface area contributed by atoms with Crippen LogP contribution >= 0.6 is 0 Å². The molecule has 1 aliphatic rings. The molecule has 0 bridgehead atoms. The lowest BCUT2D eigenvalue weighted by Gasteiger charge is -2.15. The first-order chi connectivity index (χ1) is 12.5. The average Bonchev–Trinajstić information content (AvgIpc) is 3.32. The van der Waals surface area contributed by atoms with Crippen molar-refractivity contribution < 1.29 is 18.8 Å². The van der Waals surface area contributed by atoms with Gasteiger partial charge in [0, 0.05) is 6.42 Å². The predicted octanol–water partition coefficient (Wildman–Crippen LogP) is 1.90. The molecule has 2 amide bonds. The number of hydrogen-bond donors (Lipinski definition) is 2. The molecule has 0 saturated carbocycles. The van der Waals surface area contributed by atoms with Gasteiger partial charge in [-0.15, -0.1) is 0 Å². The summed E-state index contributed by atoms with van der Waals surface area (Å²) in [5.41, 5.74) is 2.80. The van der Waals surface area contributed by atoms with Crippen LogP contribution in [0.25, 0.3) is 0 Å². The number of aryl methyl sites for hydroxylation is 1. The maximum atomic E-state index is 12.3. The first-order valence-electron chi connectivity index (χ1n) is 8.43. The summed E-state index contributed by atoms with van der Waals surface area (Å²) >= 11 is 0. The number of carbonyl (C=O) groups excluding carboxylic acids is 2. The van der Waals surface area contributed by atoms with Crippen LogP contribution in [0.15, 0.2) is 52.2 Å². The fourth-order valence-electron chi connectivity index (χ4n) is 2.55. The zero-order valence-electron chi connectivity index (χ0n) is 14.7. The number of furan rings is 1. The zero-order valence-corrected chi connectivity index (χ0v) is 14.7. The van der Waals surface area contributed by atoms with Crippen LogP contribution in [0.5, 0.6) is 0 Å². The zero-order chi connectivity index (χ0) is 18.5. The SMILES string of the molecule is Cc1ccc(C2=NO[C@H](C(=O)N[C@@H](C)C(=O)NCc3ccco3)C2)cc1. The lowest BCUT2D eigenvalue weighted by Crippen LogP contribution is -2.47. The van der Waals surface area contributed by atoms with E-state index in [1.807, 2.05) is 31.2 Å². The molecule has 2 atom stereocenters. The summed E-state index contributed by atoms with van der Waals surface area (Å²) in [5.74, 6) is -0.0175. The molecule has 26 heavy (non-hydrogen) atoms. The van der Waals surface area contributed by atoms with Gasteiger partial charge >= 0.3 is 0 Å². The minimum Gasteiger partial charge on any atom is -0.467 e. The number of hydrogen-bond acceptors (Lipinski definition) is 5. The third kappa shape index (κ3) is 4.30. The number of carbonyl (C=O) groups is 2. The van der Waals surface area contributed by atoms with Crippen LogP contribution in [0.3, 0.4) is 0 Å². The van der Waals surface area contributed by atoms with Crippen LogP contribution in [0.4, 0.5) is 0 Å². The number of rotatable bonds is 6. The molecule has 1 aromatic carbocycles. The van der Waals surface area contributed by atoms with Crippen molar-refractivity contribution in [3.8, 4) is 0 Å². The fraction of sp³-hybridized carbons (Fsp3) is 0.316. The van der Waals surface area contributed by atoms with Crippen molar-refractivity contribution in [2.24, 2.45) is 5.16 Å². The molecule has 0 saturated heterocycles. The summed E-state index contributed by atoms with van der Waals surface area (Å²) in [6.07, 6.45) is 1.18. The van der Waals surface area contributed by atoms with E-state index in [1.165, 1.54) is 6.26 Å². The summed E-state index contributed by atoms with van der Waals surface area (Å²) in [7, 11) is 0. The van der Waals surface area contributed by atoms with E-state index in [-0.39, 0.29) is 18.4 Å². The summed E-state index contributed by atoms with van der Waals surface area (Å²) in [6, 6.07) is 10.7. The molecule has 1 aliphatic heterocycles. The minimum atomic E-state index is -0.730. The molecule has 3 rings (SSSR count). The highest BCUT2D eigenvalue weighted by Crippen LogP contribution is 2.17. The number of amides is 2. The van der Waals surface area contributed by atoms with Crippen LogP contribution < -0.4 is 10.6 Å². The smallest absolute Gasteiger partial charge is 0.264 e. The van der Waals surface area contributed by atoms with Crippen LogP contribution in [0.1, 0.15) is 30.2 Å². The first kappa shape index (κ1) is 17.7. The number of nitrogens with zero attached hydrogens (tertiary/aromatic N) is 1. The summed E-state index contributed by atoms with van der Waals surface area (Å²) in [6.45, 7) is 3.89. The second kappa shape index (κ2) is 7.86. The highest BCUT2D eigenvalue weighted by Gasteiger charge is 2.30. The molecule has 0 spiro atoms. The van der Waals surface area contributed by atoms with E-state index in [0.717, 1.165) is 16.8 Å². The highest BCUT2D eigenvalue weighted by atomic mass is 16.6. The maximum Gasteiger partial charge on any atom is 0.264 e. The molecule has 1 aromatic heterocycles. The van der Waals surface area contributed by atoms with Gasteiger partial charge in [0.05, 0.1) is 18.5 Å². The molecular weight excluding hydrogens is 334 g/mol. The van der Waals surface area contributed by atoms with Crippen LogP contribution in [-0.4, -0.2) is 29.7 Å². The van der Waals surface area contributed by atoms with Gasteiger partial charge in [0.1, 0.15) is 11.8 Å². The lowest BCUT2D eigenvalue weighted by molar-refractivity contribution is -0.135. The average molecular weight is 355 g/mol. The van der Waals surface area contributed by atoms with Gasteiger partial charge in [-0.3, -0.25) is 9.59 Å². The Kier molecular flexibility index (Phi) is 5.36. The Bertz CT molecular complexity index is 797. The standard InChI is InChI=1S/C19H21N3O4/c1-12-5-7-14(8-6-12)16-10-17(26-22-16)19(24)21-13(2)18(23)20-11-15-4-3-9-25-15/h3-9,13,17H,10-11H2,1-2H3,(H,20,23)(H,21,24)/t13-,17-/m0/s1. The van der Waals surface area contributed by atoms with Gasteiger partial charge in [-0.05, 0) is 31.5 Å². The van der Waals surface area contributed by atoms with Crippen molar-refractivity contribution >= 4 is 17.5 Å². The molecule has 2 aromatic rings. The summed E-state index contributed by atoms with van der Waals surface area (Å²) in [4.78, 5) is 29.6. The Morgan fingerprint density at radius 2 is 2.04 bits per heavy atom. The van der Waals surface area contributed by atoms with E-state index >= 15 is 0 Å². The molecule has 0 aliphatic carbocycles. The predicted molar refractivity (Wildman–Crippen MR) is 95.4 cm³/mol. The van der Waals surface area contributed by atoms with Gasteiger partial charge in [-0.25, -0.2) is 0 Å². The largest absolute Gasteiger partial charge is 0.467 e. The van der Waals surface area contributed by atoms with E-state index in [0.29, 0.717) is 12.2 Å². The van der Waals surface area contributed by atoms with E-state index in [9.17, 15) is 9.59 Å². The normalized spacial score (nSPS) is 17.2. The van der Waals surface area contributed by atoms with Crippen LogP contribution in [0, 0.1) is 6.92 Å². The first-order valence-corrected chi connectivity index (χ1v) is 8.43. The monoisotopic (exact) mass is 355 g/mol. The topological polar surface area (TPSA) is 92.9 Å². The molecule has 0 unspecified atom stereocenters. The van der Waals surface area contributed by atoms with E-state index in [4.69, 9.17) is 9.25 Å². The van der Waals surface area contributed by atoms with Gasteiger partial charge in [0.2, 0.25) is 12.0 Å². The molecule has 7 heteroatoms. The van der Waals surface area contributed by atoms with Crippen molar-refractivity contribution in [2.45, 2.75) is 39.0 Å². The molecular formula is C19H21N3O4. The fourth-order valence-corrected chi connectivity index (χ4v) is 2.55. The Balaban J connectivity index is 1.47. The van der Waals surface area contributed by atoms with Gasteiger partial charge in [-0.1, -0.05) is 35.0 Å². The third-order valence-electron chi connectivity index (χ3n) is 4.12. The quantitative estimate of drug-likeness (QED) is 0.828. The molecule has 7 nitrogen and oxygen atoms in total. The third-order valence-corrected chi connectivity index (χ3v) is 4.12. The second-order valence-corrected chi connectivity index (χ2v) is 6.23. The Hall–Kier alpha value is -3.09. The van der Waals surface area contributed by atoms with Crippen LogP contribution in [0.2, 0.25) is 0 Å². The Morgan fingerprint density at radius 3 is 2.73 bits per heavy atom. The number of oxime groups is 1. The van der Waals surface area contributed by atoms with Crippen molar-refractivity contribution in [3.05, 3.63) is 59.5 Å². The van der Waals surface area contributed by atoms with Gasteiger partial charge in [0.25, 0.3) is 5.91 Å². The van der Waals surface area contributed by atoms with Gasteiger partial charge in [-0.2, -0.15) is 0 Å². The van der Waals surface area contributed by atoms with Crippen molar-refractivity contribution in [3.63, 3.8) is 0 Å². The van der Waals surface area contributed by atoms with Crippen LogP contribution in [-0.2, 0) is 21.0 Å². The second-order valence-electron chi connectivity index (χ2n) is 6.23. The van der Waals surface area contributed by atoms with Gasteiger partial charge in [0.15, 0.2) is 0 Å². The van der Waals surface area contributed by atoms with E-state index < -0.39 is 12.1 Å². The molecule has 0 fully saturated rings. The molecule has 2 N–H and O–H groups in total. The molecule has 136 valence electrons. The Morgan fingerprint density at radius 1 is 1.27 bits per heavy atom. The summed E-state index contributed by atoms with van der Waals surface area (Å²) < 4.78 is 5.15. The lowest BCUT2D eigenvalue weighted by atomic mass is 10.0. The molecule has 2 heterocycles. The van der Waals surface area contributed by atoms with Crippen molar-refractivity contribution in [1.29, 1.82) is 0 Å². The Labute approximate surface area is 151 Å². The molecule has 0 radical (unpaired) electrons. The van der Waals surface area contributed by atoms with E-state index in [2.05, 4.69) is 15.8 Å². The van der Waals surface area contributed by atoms with Crippen molar-refractivity contribution in [2.75, 3.05) is 0 Å². The number of nitrogens with one attached hydrogen (secondary N) is 2. The van der Waals surface area contributed by atoms with Crippen molar-refractivity contribution in [1.82, 2.24) is 10.6 Å². The maximum absolute atomic E-state index is 12.3. The highest BCUT2D eigenvalue weighted by molar-refractivity contribution is 6.04. The van der Waals surface area contributed by atoms with E-state index in [1.54, 1.807) is 19.1 Å². The summed E-state index contributed by atoms with van der Waals surface area (Å²) in [5, 5.41) is 9.36. The minimum absolute atomic E-state index is 0.270. The number of benzene rings is 1. The van der Waals surface area contributed by atoms with Gasteiger partial charge < -0.3 is 19.9 Å².